The molecule has 0 fully saturated rings. The zero-order chi connectivity index (χ0) is 15.4. The first-order valence-corrected chi connectivity index (χ1v) is 7.39. The summed E-state index contributed by atoms with van der Waals surface area (Å²) in [5.74, 6) is -0.784. The average Bonchev–Trinajstić information content (AvgIpc) is 2.45. The molecule has 0 aliphatic carbocycles. The molecule has 2 rings (SSSR count). The number of hydrogen-bond donors (Lipinski definition) is 1. The van der Waals surface area contributed by atoms with Gasteiger partial charge in [-0.25, -0.2) is 8.78 Å². The van der Waals surface area contributed by atoms with E-state index in [4.69, 9.17) is 23.2 Å². The molecule has 0 aliphatic rings. The van der Waals surface area contributed by atoms with Crippen molar-refractivity contribution >= 4 is 23.2 Å². The fraction of sp³-hybridized carbons (Fsp3) is 0.250. The Morgan fingerprint density at radius 1 is 1.05 bits per heavy atom. The van der Waals surface area contributed by atoms with Crippen molar-refractivity contribution in [3.05, 3.63) is 69.2 Å². The number of rotatable bonds is 5. The molecule has 0 spiro atoms. The molecule has 2 aromatic rings. The summed E-state index contributed by atoms with van der Waals surface area (Å²) in [6, 6.07) is 8.73. The highest BCUT2D eigenvalue weighted by atomic mass is 35.5. The second-order valence-corrected chi connectivity index (χ2v) is 5.57. The lowest BCUT2D eigenvalue weighted by molar-refractivity contribution is 0.509. The Morgan fingerprint density at radius 2 is 1.76 bits per heavy atom. The Labute approximate surface area is 132 Å². The number of nitrogens with one attached hydrogen (secondary N) is 1. The monoisotopic (exact) mass is 329 g/mol. The molecule has 0 saturated carbocycles. The molecule has 1 nitrogen and oxygen atoms in total. The van der Waals surface area contributed by atoms with Crippen LogP contribution in [0, 0.1) is 11.6 Å². The zero-order valence-electron chi connectivity index (χ0n) is 11.5. The highest BCUT2D eigenvalue weighted by molar-refractivity contribution is 6.31. The van der Waals surface area contributed by atoms with E-state index >= 15 is 0 Å². The van der Waals surface area contributed by atoms with Gasteiger partial charge in [0, 0.05) is 16.6 Å². The molecule has 21 heavy (non-hydrogen) atoms. The minimum atomic E-state index is -0.464. The van der Waals surface area contributed by atoms with Gasteiger partial charge in [-0.1, -0.05) is 36.2 Å². The maximum absolute atomic E-state index is 14.0. The molecule has 1 atom stereocenters. The van der Waals surface area contributed by atoms with Crippen molar-refractivity contribution in [2.45, 2.75) is 19.4 Å². The van der Waals surface area contributed by atoms with Crippen LogP contribution in [0.25, 0.3) is 0 Å². The van der Waals surface area contributed by atoms with E-state index < -0.39 is 5.82 Å². The van der Waals surface area contributed by atoms with Crippen LogP contribution < -0.4 is 5.32 Å². The first-order valence-electron chi connectivity index (χ1n) is 6.63. The summed E-state index contributed by atoms with van der Waals surface area (Å²) in [7, 11) is 0. The van der Waals surface area contributed by atoms with Crippen molar-refractivity contribution in [1.29, 1.82) is 0 Å². The third-order valence-corrected chi connectivity index (χ3v) is 3.73. The van der Waals surface area contributed by atoms with Crippen LogP contribution in [0.15, 0.2) is 36.4 Å². The smallest absolute Gasteiger partial charge is 0.141 e. The van der Waals surface area contributed by atoms with E-state index in [9.17, 15) is 8.78 Å². The lowest BCUT2D eigenvalue weighted by Crippen LogP contribution is -2.24. The standard InChI is InChI=1S/C16H15Cl2F2N/c1-2-21-16(12-9-11(17)4-6-14(12)19)8-10-3-5-15(20)13(18)7-10/h3-7,9,16,21H,2,8H2,1H3. The summed E-state index contributed by atoms with van der Waals surface area (Å²) in [6.07, 6.45) is 0.491. The van der Waals surface area contributed by atoms with E-state index in [0.717, 1.165) is 5.56 Å². The highest BCUT2D eigenvalue weighted by Crippen LogP contribution is 2.26. The minimum Gasteiger partial charge on any atom is -0.310 e. The van der Waals surface area contributed by atoms with Gasteiger partial charge in [-0.3, -0.25) is 0 Å². The van der Waals surface area contributed by atoms with E-state index in [2.05, 4.69) is 5.32 Å². The summed E-state index contributed by atoms with van der Waals surface area (Å²) < 4.78 is 27.2. The van der Waals surface area contributed by atoms with Gasteiger partial charge in [0.2, 0.25) is 0 Å². The third-order valence-electron chi connectivity index (χ3n) is 3.21. The van der Waals surface area contributed by atoms with Crippen molar-refractivity contribution in [1.82, 2.24) is 5.32 Å². The Hall–Kier alpha value is -1.16. The van der Waals surface area contributed by atoms with Crippen LogP contribution in [0.5, 0.6) is 0 Å². The average molecular weight is 330 g/mol. The van der Waals surface area contributed by atoms with Crippen LogP contribution in [-0.4, -0.2) is 6.54 Å². The summed E-state index contributed by atoms with van der Waals surface area (Å²) in [6.45, 7) is 2.61. The Balaban J connectivity index is 2.30. The molecule has 2 aromatic carbocycles. The normalized spacial score (nSPS) is 12.4. The van der Waals surface area contributed by atoms with Crippen molar-refractivity contribution < 1.29 is 8.78 Å². The molecule has 0 radical (unpaired) electrons. The summed E-state index contributed by atoms with van der Waals surface area (Å²) in [5.41, 5.74) is 1.32. The predicted molar refractivity (Wildman–Crippen MR) is 82.9 cm³/mol. The van der Waals surface area contributed by atoms with Crippen LogP contribution in [0.3, 0.4) is 0 Å². The molecule has 0 heterocycles. The van der Waals surface area contributed by atoms with Crippen molar-refractivity contribution in [2.75, 3.05) is 6.54 Å². The van der Waals surface area contributed by atoms with Gasteiger partial charge in [0.1, 0.15) is 11.6 Å². The highest BCUT2D eigenvalue weighted by Gasteiger charge is 2.16. The quantitative estimate of drug-likeness (QED) is 0.798. The van der Waals surface area contributed by atoms with Crippen molar-refractivity contribution in [3.63, 3.8) is 0 Å². The molecule has 0 bridgehead atoms. The third kappa shape index (κ3) is 4.16. The van der Waals surface area contributed by atoms with Crippen LogP contribution >= 0.6 is 23.2 Å². The number of likely N-dealkylation sites (N-methyl/N-ethyl adjacent to an activating group) is 1. The van der Waals surface area contributed by atoms with Gasteiger partial charge < -0.3 is 5.32 Å². The van der Waals surface area contributed by atoms with Gasteiger partial charge in [0.25, 0.3) is 0 Å². The van der Waals surface area contributed by atoms with Crippen molar-refractivity contribution in [3.8, 4) is 0 Å². The van der Waals surface area contributed by atoms with Crippen LogP contribution in [-0.2, 0) is 6.42 Å². The summed E-state index contributed by atoms with van der Waals surface area (Å²) >= 11 is 11.7. The molecule has 5 heteroatoms. The Kier molecular flexibility index (Phi) is 5.57. The van der Waals surface area contributed by atoms with Gasteiger partial charge >= 0.3 is 0 Å². The Morgan fingerprint density at radius 3 is 2.43 bits per heavy atom. The van der Waals surface area contributed by atoms with Gasteiger partial charge in [-0.2, -0.15) is 0 Å². The molecule has 1 unspecified atom stereocenters. The number of benzene rings is 2. The predicted octanol–water partition coefficient (Wildman–Crippen LogP) is 5.16. The van der Waals surface area contributed by atoms with Crippen LogP contribution in [0.1, 0.15) is 24.1 Å². The summed E-state index contributed by atoms with van der Waals surface area (Å²) in [5, 5.41) is 3.76. The molecule has 0 aromatic heterocycles. The number of hydrogen-bond acceptors (Lipinski definition) is 1. The molecular formula is C16H15Cl2F2N. The lowest BCUT2D eigenvalue weighted by Gasteiger charge is -2.19. The Bertz CT molecular complexity index is 632. The molecule has 0 saturated heterocycles. The minimum absolute atomic E-state index is 0.0642. The van der Waals surface area contributed by atoms with Gasteiger partial charge in [0.15, 0.2) is 0 Å². The fourth-order valence-corrected chi connectivity index (χ4v) is 2.61. The first kappa shape index (κ1) is 16.2. The van der Waals surface area contributed by atoms with Crippen LogP contribution in [0.2, 0.25) is 10.0 Å². The molecular weight excluding hydrogens is 315 g/mol. The first-order chi connectivity index (χ1) is 10.0. The topological polar surface area (TPSA) is 12.0 Å². The molecule has 1 N–H and O–H groups in total. The molecule has 0 aliphatic heterocycles. The second-order valence-electron chi connectivity index (χ2n) is 4.73. The van der Waals surface area contributed by atoms with Gasteiger partial charge in [-0.15, -0.1) is 0 Å². The molecule has 0 amide bonds. The van der Waals surface area contributed by atoms with E-state index in [-0.39, 0.29) is 16.9 Å². The number of halogens is 4. The van der Waals surface area contributed by atoms with E-state index in [1.807, 2.05) is 6.92 Å². The van der Waals surface area contributed by atoms with Crippen LogP contribution in [0.4, 0.5) is 8.78 Å². The SMILES string of the molecule is CCNC(Cc1ccc(F)c(Cl)c1)c1cc(Cl)ccc1F. The van der Waals surface area contributed by atoms with Crippen molar-refractivity contribution in [2.24, 2.45) is 0 Å². The van der Waals surface area contributed by atoms with Gasteiger partial charge in [0.05, 0.1) is 5.02 Å². The lowest BCUT2D eigenvalue weighted by atomic mass is 9.98. The fourth-order valence-electron chi connectivity index (χ4n) is 2.22. The summed E-state index contributed by atoms with van der Waals surface area (Å²) in [4.78, 5) is 0. The van der Waals surface area contributed by atoms with E-state index in [1.165, 1.54) is 18.2 Å². The molecule has 112 valence electrons. The van der Waals surface area contributed by atoms with Gasteiger partial charge in [-0.05, 0) is 48.9 Å². The largest absolute Gasteiger partial charge is 0.310 e. The van der Waals surface area contributed by atoms with E-state index in [0.29, 0.717) is 23.6 Å². The zero-order valence-corrected chi connectivity index (χ0v) is 13.0. The maximum atomic E-state index is 14.0. The van der Waals surface area contributed by atoms with E-state index in [1.54, 1.807) is 18.2 Å². The maximum Gasteiger partial charge on any atom is 0.141 e. The second kappa shape index (κ2) is 7.21.